The number of benzene rings is 2. The van der Waals surface area contributed by atoms with Gasteiger partial charge in [-0.1, -0.05) is 18.2 Å². The van der Waals surface area contributed by atoms with Crippen molar-refractivity contribution in [2.45, 2.75) is 32.8 Å². The molecule has 2 N–H and O–H groups in total. The SMILES string of the molecule is Cc1cccc(C)c1-c1cc(F)cc2c1OC(CCN)C2. The predicted molar refractivity (Wildman–Crippen MR) is 83.1 cm³/mol. The average Bonchev–Trinajstić information content (AvgIpc) is 2.81. The largest absolute Gasteiger partial charge is 0.489 e. The molecule has 0 aromatic heterocycles. The molecule has 0 fully saturated rings. The fraction of sp³-hybridized carbons (Fsp3) is 0.333. The fourth-order valence-corrected chi connectivity index (χ4v) is 3.17. The van der Waals surface area contributed by atoms with Gasteiger partial charge in [0.05, 0.1) is 0 Å². The Hall–Kier alpha value is -1.87. The lowest BCUT2D eigenvalue weighted by Crippen LogP contribution is -2.17. The highest BCUT2D eigenvalue weighted by Gasteiger charge is 2.27. The molecular weight excluding hydrogens is 265 g/mol. The minimum atomic E-state index is -0.205. The van der Waals surface area contributed by atoms with Crippen molar-refractivity contribution in [1.82, 2.24) is 0 Å². The number of fused-ring (bicyclic) bond motifs is 1. The second kappa shape index (κ2) is 5.49. The molecule has 0 spiro atoms. The number of hydrogen-bond acceptors (Lipinski definition) is 2. The molecule has 21 heavy (non-hydrogen) atoms. The summed E-state index contributed by atoms with van der Waals surface area (Å²) in [5.41, 5.74) is 10.8. The third-order valence-corrected chi connectivity index (χ3v) is 4.10. The second-order valence-corrected chi connectivity index (χ2v) is 5.73. The highest BCUT2D eigenvalue weighted by Crippen LogP contribution is 2.42. The van der Waals surface area contributed by atoms with E-state index < -0.39 is 0 Å². The van der Waals surface area contributed by atoms with E-state index in [4.69, 9.17) is 10.5 Å². The Labute approximate surface area is 124 Å². The summed E-state index contributed by atoms with van der Waals surface area (Å²) in [6.07, 6.45) is 1.60. The highest BCUT2D eigenvalue weighted by molar-refractivity contribution is 5.78. The molecule has 1 atom stereocenters. The number of nitrogens with two attached hydrogens (primary N) is 1. The van der Waals surface area contributed by atoms with Gasteiger partial charge in [-0.05, 0) is 55.6 Å². The summed E-state index contributed by atoms with van der Waals surface area (Å²) in [5, 5.41) is 0. The molecule has 0 saturated carbocycles. The Balaban J connectivity index is 2.14. The number of ether oxygens (including phenoxy) is 1. The zero-order valence-corrected chi connectivity index (χ0v) is 12.4. The van der Waals surface area contributed by atoms with Crippen LogP contribution in [-0.4, -0.2) is 12.6 Å². The number of aryl methyl sites for hydroxylation is 2. The lowest BCUT2D eigenvalue weighted by atomic mass is 9.93. The Morgan fingerprint density at radius 1 is 1.24 bits per heavy atom. The van der Waals surface area contributed by atoms with Gasteiger partial charge in [0.15, 0.2) is 0 Å². The number of hydrogen-bond donors (Lipinski definition) is 1. The van der Waals surface area contributed by atoms with Crippen LogP contribution >= 0.6 is 0 Å². The first kappa shape index (κ1) is 14.1. The zero-order valence-electron chi connectivity index (χ0n) is 12.4. The Bertz CT molecular complexity index is 661. The van der Waals surface area contributed by atoms with Crippen molar-refractivity contribution < 1.29 is 9.13 Å². The van der Waals surface area contributed by atoms with Gasteiger partial charge in [0.1, 0.15) is 17.7 Å². The maximum atomic E-state index is 14.0. The van der Waals surface area contributed by atoms with Crippen molar-refractivity contribution in [3.05, 3.63) is 52.8 Å². The molecule has 1 unspecified atom stereocenters. The van der Waals surface area contributed by atoms with E-state index in [-0.39, 0.29) is 11.9 Å². The lowest BCUT2D eigenvalue weighted by Gasteiger charge is -2.15. The summed E-state index contributed by atoms with van der Waals surface area (Å²) in [4.78, 5) is 0. The van der Waals surface area contributed by atoms with E-state index in [1.807, 2.05) is 32.0 Å². The topological polar surface area (TPSA) is 35.2 Å². The van der Waals surface area contributed by atoms with Crippen molar-refractivity contribution in [3.63, 3.8) is 0 Å². The highest BCUT2D eigenvalue weighted by atomic mass is 19.1. The molecule has 0 amide bonds. The first-order valence-corrected chi connectivity index (χ1v) is 7.36. The Morgan fingerprint density at radius 2 is 1.95 bits per heavy atom. The van der Waals surface area contributed by atoms with E-state index in [0.717, 1.165) is 46.4 Å². The number of halogens is 1. The van der Waals surface area contributed by atoms with E-state index >= 15 is 0 Å². The van der Waals surface area contributed by atoms with E-state index in [1.165, 1.54) is 0 Å². The third-order valence-electron chi connectivity index (χ3n) is 4.10. The molecule has 3 rings (SSSR count). The molecule has 1 aliphatic heterocycles. The number of rotatable bonds is 3. The predicted octanol–water partition coefficient (Wildman–Crippen LogP) is 3.76. The quantitative estimate of drug-likeness (QED) is 0.932. The maximum absolute atomic E-state index is 14.0. The van der Waals surface area contributed by atoms with Crippen LogP contribution in [0.15, 0.2) is 30.3 Å². The van der Waals surface area contributed by atoms with Crippen molar-refractivity contribution in [1.29, 1.82) is 0 Å². The third kappa shape index (κ3) is 2.54. The average molecular weight is 285 g/mol. The summed E-state index contributed by atoms with van der Waals surface area (Å²) in [5.74, 6) is 0.621. The van der Waals surface area contributed by atoms with Gasteiger partial charge in [-0.2, -0.15) is 0 Å². The minimum absolute atomic E-state index is 0.0647. The Morgan fingerprint density at radius 3 is 2.62 bits per heavy atom. The molecule has 1 heterocycles. The van der Waals surface area contributed by atoms with E-state index in [1.54, 1.807) is 12.1 Å². The van der Waals surface area contributed by atoms with E-state index in [0.29, 0.717) is 6.54 Å². The van der Waals surface area contributed by atoms with Crippen LogP contribution in [0, 0.1) is 19.7 Å². The van der Waals surface area contributed by atoms with Gasteiger partial charge in [0.2, 0.25) is 0 Å². The molecular formula is C18H20FNO. The second-order valence-electron chi connectivity index (χ2n) is 5.73. The monoisotopic (exact) mass is 285 g/mol. The van der Waals surface area contributed by atoms with E-state index in [9.17, 15) is 4.39 Å². The van der Waals surface area contributed by atoms with Crippen LogP contribution in [0.1, 0.15) is 23.1 Å². The lowest BCUT2D eigenvalue weighted by molar-refractivity contribution is 0.225. The van der Waals surface area contributed by atoms with Gasteiger partial charge in [-0.3, -0.25) is 0 Å². The van der Waals surface area contributed by atoms with Crippen LogP contribution < -0.4 is 10.5 Å². The van der Waals surface area contributed by atoms with Crippen LogP contribution in [0.3, 0.4) is 0 Å². The molecule has 0 aliphatic carbocycles. The van der Waals surface area contributed by atoms with Gasteiger partial charge in [0.25, 0.3) is 0 Å². The standard InChI is InChI=1S/C18H20FNO/c1-11-4-3-5-12(2)17(11)16-10-14(19)8-13-9-15(6-7-20)21-18(13)16/h3-5,8,10,15H,6-7,9,20H2,1-2H3. The molecule has 2 nitrogen and oxygen atoms in total. The summed E-state index contributed by atoms with van der Waals surface area (Å²) in [6.45, 7) is 4.68. The summed E-state index contributed by atoms with van der Waals surface area (Å²) in [6, 6.07) is 9.28. The smallest absolute Gasteiger partial charge is 0.131 e. The molecule has 2 aromatic rings. The molecule has 0 radical (unpaired) electrons. The van der Waals surface area contributed by atoms with Gasteiger partial charge in [-0.15, -0.1) is 0 Å². The molecule has 0 saturated heterocycles. The van der Waals surface area contributed by atoms with Crippen LogP contribution in [0.2, 0.25) is 0 Å². The van der Waals surface area contributed by atoms with Crippen molar-refractivity contribution in [2.24, 2.45) is 5.73 Å². The van der Waals surface area contributed by atoms with Gasteiger partial charge >= 0.3 is 0 Å². The van der Waals surface area contributed by atoms with Crippen LogP contribution in [0.25, 0.3) is 11.1 Å². The first-order valence-electron chi connectivity index (χ1n) is 7.36. The van der Waals surface area contributed by atoms with Crippen LogP contribution in [0.5, 0.6) is 5.75 Å². The van der Waals surface area contributed by atoms with Crippen molar-refractivity contribution in [2.75, 3.05) is 6.54 Å². The van der Waals surface area contributed by atoms with Gasteiger partial charge < -0.3 is 10.5 Å². The van der Waals surface area contributed by atoms with Crippen LogP contribution in [-0.2, 0) is 6.42 Å². The summed E-state index contributed by atoms with van der Waals surface area (Å²) >= 11 is 0. The zero-order chi connectivity index (χ0) is 15.0. The summed E-state index contributed by atoms with van der Waals surface area (Å²) in [7, 11) is 0. The maximum Gasteiger partial charge on any atom is 0.131 e. The fourth-order valence-electron chi connectivity index (χ4n) is 3.17. The molecule has 3 heteroatoms. The van der Waals surface area contributed by atoms with E-state index in [2.05, 4.69) is 0 Å². The van der Waals surface area contributed by atoms with Crippen molar-refractivity contribution in [3.8, 4) is 16.9 Å². The minimum Gasteiger partial charge on any atom is -0.489 e. The summed E-state index contributed by atoms with van der Waals surface area (Å²) < 4.78 is 20.1. The molecule has 2 aromatic carbocycles. The van der Waals surface area contributed by atoms with Gasteiger partial charge in [-0.25, -0.2) is 4.39 Å². The van der Waals surface area contributed by atoms with Crippen LogP contribution in [0.4, 0.5) is 4.39 Å². The first-order chi connectivity index (χ1) is 10.1. The Kier molecular flexibility index (Phi) is 3.68. The molecule has 1 aliphatic rings. The van der Waals surface area contributed by atoms with Gasteiger partial charge in [0, 0.05) is 17.5 Å². The van der Waals surface area contributed by atoms with Crippen molar-refractivity contribution >= 4 is 0 Å². The molecule has 0 bridgehead atoms. The molecule has 110 valence electrons. The normalized spacial score (nSPS) is 16.7.